The quantitative estimate of drug-likeness (QED) is 0.423. The molecule has 1 N–H and O–H groups in total. The lowest BCUT2D eigenvalue weighted by Crippen LogP contribution is -2.45. The molecule has 1 aliphatic rings. The Hall–Kier alpha value is -0.820. The van der Waals surface area contributed by atoms with Gasteiger partial charge in [0.15, 0.2) is 5.96 Å². The van der Waals surface area contributed by atoms with Crippen LogP contribution in [0.15, 0.2) is 29.3 Å². The van der Waals surface area contributed by atoms with Crippen LogP contribution in [0.2, 0.25) is 0 Å². The Kier molecular flexibility index (Phi) is 9.66. The number of nitrogens with zero attached hydrogens (tertiary/aromatic N) is 2. The van der Waals surface area contributed by atoms with Crippen molar-refractivity contribution in [1.82, 2.24) is 10.2 Å². The van der Waals surface area contributed by atoms with Gasteiger partial charge in [-0.25, -0.2) is 0 Å². The van der Waals surface area contributed by atoms with Crippen molar-refractivity contribution in [2.75, 3.05) is 20.1 Å². The Bertz CT molecular complexity index is 494. The number of nitrogens with one attached hydrogen (secondary N) is 1. The first kappa shape index (κ1) is 21.2. The monoisotopic (exact) mass is 445 g/mol. The predicted molar refractivity (Wildman–Crippen MR) is 112 cm³/mol. The molecule has 1 saturated heterocycles. The zero-order valence-electron chi connectivity index (χ0n) is 15.4. The van der Waals surface area contributed by atoms with E-state index in [0.717, 1.165) is 31.5 Å². The second-order valence-electron chi connectivity index (χ2n) is 6.75. The number of hydrogen-bond donors (Lipinski definition) is 1. The van der Waals surface area contributed by atoms with Gasteiger partial charge in [-0.2, -0.15) is 0 Å². The van der Waals surface area contributed by atoms with Gasteiger partial charge in [0, 0.05) is 26.7 Å². The smallest absolute Gasteiger partial charge is 0.193 e. The fourth-order valence-corrected chi connectivity index (χ4v) is 2.75. The highest BCUT2D eigenvalue weighted by Gasteiger charge is 2.18. The van der Waals surface area contributed by atoms with Crippen LogP contribution in [0.5, 0.6) is 0 Å². The molecular weight excluding hydrogens is 413 g/mol. The number of piperidine rings is 1. The maximum atomic E-state index is 5.63. The third-order valence-electron chi connectivity index (χ3n) is 4.35. The van der Waals surface area contributed by atoms with Crippen LogP contribution in [-0.2, 0) is 17.9 Å². The first-order chi connectivity index (χ1) is 11.1. The number of likely N-dealkylation sites (tertiary alicyclic amines) is 1. The Morgan fingerprint density at radius 3 is 2.33 bits per heavy atom. The van der Waals surface area contributed by atoms with Crippen LogP contribution < -0.4 is 5.32 Å². The maximum Gasteiger partial charge on any atom is 0.193 e. The Morgan fingerprint density at radius 2 is 1.79 bits per heavy atom. The molecule has 0 atom stereocenters. The molecule has 5 heteroatoms. The second-order valence-corrected chi connectivity index (χ2v) is 6.75. The van der Waals surface area contributed by atoms with Gasteiger partial charge in [0.2, 0.25) is 0 Å². The SMILES string of the molecule is CN=C(NCc1ccc(COC(C)C)cc1)N1CCC(C)CC1.I. The van der Waals surface area contributed by atoms with E-state index in [0.29, 0.717) is 6.61 Å². The van der Waals surface area contributed by atoms with E-state index in [2.05, 4.69) is 60.2 Å². The topological polar surface area (TPSA) is 36.9 Å². The van der Waals surface area contributed by atoms with Crippen LogP contribution in [0.1, 0.15) is 44.7 Å². The van der Waals surface area contributed by atoms with Crippen LogP contribution in [0.4, 0.5) is 0 Å². The van der Waals surface area contributed by atoms with Gasteiger partial charge < -0.3 is 15.0 Å². The predicted octanol–water partition coefficient (Wildman–Crippen LogP) is 4.04. The van der Waals surface area contributed by atoms with Gasteiger partial charge in [-0.15, -0.1) is 24.0 Å². The third-order valence-corrected chi connectivity index (χ3v) is 4.35. The fraction of sp³-hybridized carbons (Fsp3) is 0.632. The van der Waals surface area contributed by atoms with Crippen LogP contribution in [0.25, 0.3) is 0 Å². The largest absolute Gasteiger partial charge is 0.374 e. The summed E-state index contributed by atoms with van der Waals surface area (Å²) in [6.45, 7) is 10.1. The maximum absolute atomic E-state index is 5.63. The summed E-state index contributed by atoms with van der Waals surface area (Å²) in [7, 11) is 1.87. The molecule has 2 rings (SSSR count). The zero-order valence-corrected chi connectivity index (χ0v) is 17.7. The van der Waals surface area contributed by atoms with E-state index in [4.69, 9.17) is 4.74 Å². The van der Waals surface area contributed by atoms with Gasteiger partial charge in [-0.05, 0) is 43.7 Å². The summed E-state index contributed by atoms with van der Waals surface area (Å²) in [6, 6.07) is 8.62. The molecule has 0 bridgehead atoms. The lowest BCUT2D eigenvalue weighted by atomic mass is 9.99. The molecule has 1 heterocycles. The van der Waals surface area contributed by atoms with Gasteiger partial charge in [0.05, 0.1) is 12.7 Å². The van der Waals surface area contributed by atoms with Crippen molar-refractivity contribution < 1.29 is 4.74 Å². The van der Waals surface area contributed by atoms with E-state index in [1.54, 1.807) is 0 Å². The lowest BCUT2D eigenvalue weighted by Gasteiger charge is -2.32. The molecule has 0 aliphatic carbocycles. The van der Waals surface area contributed by atoms with E-state index < -0.39 is 0 Å². The minimum absolute atomic E-state index is 0. The van der Waals surface area contributed by atoms with E-state index in [-0.39, 0.29) is 30.1 Å². The molecular formula is C19H32IN3O. The molecule has 1 aromatic carbocycles. The van der Waals surface area contributed by atoms with E-state index in [9.17, 15) is 0 Å². The molecule has 4 nitrogen and oxygen atoms in total. The van der Waals surface area contributed by atoms with Crippen LogP contribution in [0, 0.1) is 5.92 Å². The summed E-state index contributed by atoms with van der Waals surface area (Å²) in [6.07, 6.45) is 2.78. The number of aliphatic imine (C=N–C) groups is 1. The summed E-state index contributed by atoms with van der Waals surface area (Å²) in [5.74, 6) is 1.86. The Balaban J connectivity index is 0.00000288. The fourth-order valence-electron chi connectivity index (χ4n) is 2.75. The normalized spacial score (nSPS) is 16.2. The summed E-state index contributed by atoms with van der Waals surface area (Å²) in [5, 5.41) is 3.48. The first-order valence-corrected chi connectivity index (χ1v) is 8.73. The van der Waals surface area contributed by atoms with Crippen molar-refractivity contribution in [2.45, 2.75) is 52.9 Å². The van der Waals surface area contributed by atoms with E-state index in [1.807, 2.05) is 7.05 Å². The second kappa shape index (κ2) is 10.9. The standard InChI is InChI=1S/C19H31N3O.HI/c1-15(2)23-14-18-7-5-17(6-8-18)13-21-19(20-4)22-11-9-16(3)10-12-22;/h5-8,15-16H,9-14H2,1-4H3,(H,20,21);1H. The average molecular weight is 445 g/mol. The molecule has 0 aromatic heterocycles. The number of ether oxygens (including phenoxy) is 1. The molecule has 0 radical (unpaired) electrons. The van der Waals surface area contributed by atoms with Crippen molar-refractivity contribution in [1.29, 1.82) is 0 Å². The van der Waals surface area contributed by atoms with Gasteiger partial charge >= 0.3 is 0 Å². The van der Waals surface area contributed by atoms with E-state index >= 15 is 0 Å². The molecule has 1 aliphatic heterocycles. The molecule has 0 spiro atoms. The van der Waals surface area contributed by atoms with Crippen molar-refractivity contribution in [2.24, 2.45) is 10.9 Å². The third kappa shape index (κ3) is 6.97. The Morgan fingerprint density at radius 1 is 1.21 bits per heavy atom. The highest BCUT2D eigenvalue weighted by atomic mass is 127. The van der Waals surface area contributed by atoms with Crippen LogP contribution in [0.3, 0.4) is 0 Å². The highest BCUT2D eigenvalue weighted by Crippen LogP contribution is 2.16. The highest BCUT2D eigenvalue weighted by molar-refractivity contribution is 14.0. The summed E-state index contributed by atoms with van der Waals surface area (Å²) in [4.78, 5) is 6.80. The van der Waals surface area contributed by atoms with Gasteiger partial charge in [0.1, 0.15) is 0 Å². The summed E-state index contributed by atoms with van der Waals surface area (Å²) in [5.41, 5.74) is 2.49. The molecule has 0 amide bonds. The first-order valence-electron chi connectivity index (χ1n) is 8.73. The molecule has 24 heavy (non-hydrogen) atoms. The van der Waals surface area contributed by atoms with Crippen molar-refractivity contribution in [3.63, 3.8) is 0 Å². The van der Waals surface area contributed by atoms with Gasteiger partial charge in [-0.3, -0.25) is 4.99 Å². The van der Waals surface area contributed by atoms with Gasteiger partial charge in [0.25, 0.3) is 0 Å². The molecule has 0 unspecified atom stereocenters. The molecule has 1 aromatic rings. The van der Waals surface area contributed by atoms with Crippen molar-refractivity contribution in [3.05, 3.63) is 35.4 Å². The van der Waals surface area contributed by atoms with E-state index in [1.165, 1.54) is 24.0 Å². The van der Waals surface area contributed by atoms with Crippen molar-refractivity contribution >= 4 is 29.9 Å². The molecule has 0 saturated carbocycles. The summed E-state index contributed by atoms with van der Waals surface area (Å²) < 4.78 is 5.63. The Labute approximate surface area is 164 Å². The van der Waals surface area contributed by atoms with Crippen molar-refractivity contribution in [3.8, 4) is 0 Å². The van der Waals surface area contributed by atoms with Gasteiger partial charge in [-0.1, -0.05) is 31.2 Å². The number of halogens is 1. The number of hydrogen-bond acceptors (Lipinski definition) is 2. The lowest BCUT2D eigenvalue weighted by molar-refractivity contribution is 0.0657. The van der Waals surface area contributed by atoms with Crippen LogP contribution in [-0.4, -0.2) is 37.1 Å². The number of guanidine groups is 1. The molecule has 136 valence electrons. The number of benzene rings is 1. The summed E-state index contributed by atoms with van der Waals surface area (Å²) >= 11 is 0. The van der Waals surface area contributed by atoms with Crippen LogP contribution >= 0.6 is 24.0 Å². The average Bonchev–Trinajstić information content (AvgIpc) is 2.56. The molecule has 1 fully saturated rings. The zero-order chi connectivity index (χ0) is 16.7. The minimum Gasteiger partial charge on any atom is -0.374 e. The minimum atomic E-state index is 0. The number of rotatable bonds is 5.